The number of rotatable bonds is 9. The van der Waals surface area contributed by atoms with Crippen molar-refractivity contribution in [1.29, 1.82) is 0 Å². The van der Waals surface area contributed by atoms with Crippen LogP contribution in [0.3, 0.4) is 0 Å². The van der Waals surface area contributed by atoms with Crippen molar-refractivity contribution in [3.05, 3.63) is 29.3 Å². The van der Waals surface area contributed by atoms with Gasteiger partial charge in [-0.3, -0.25) is 9.59 Å². The van der Waals surface area contributed by atoms with E-state index in [0.717, 1.165) is 19.3 Å². The van der Waals surface area contributed by atoms with Crippen molar-refractivity contribution in [3.8, 4) is 0 Å². The molecule has 0 bridgehead atoms. The van der Waals surface area contributed by atoms with Crippen LogP contribution in [0.5, 0.6) is 0 Å². The zero-order valence-corrected chi connectivity index (χ0v) is 20.0. The van der Waals surface area contributed by atoms with E-state index in [0.29, 0.717) is 18.7 Å². The largest absolute Gasteiger partial charge is 0.452 e. The van der Waals surface area contributed by atoms with Gasteiger partial charge in [0.1, 0.15) is 0 Å². The van der Waals surface area contributed by atoms with Gasteiger partial charge in [-0.05, 0) is 58.2 Å². The van der Waals surface area contributed by atoms with Crippen molar-refractivity contribution in [1.82, 2.24) is 14.5 Å². The molecule has 2 amide bonds. The molecule has 1 aromatic rings. The van der Waals surface area contributed by atoms with Gasteiger partial charge in [-0.2, -0.15) is 4.31 Å². The van der Waals surface area contributed by atoms with Gasteiger partial charge in [-0.25, -0.2) is 13.2 Å². The zero-order chi connectivity index (χ0) is 23.9. The molecule has 32 heavy (non-hydrogen) atoms. The Kier molecular flexibility index (Phi) is 9.21. The molecule has 1 aromatic carbocycles. The highest BCUT2D eigenvalue weighted by molar-refractivity contribution is 7.89. The standard InChI is InChI=1S/C22H33N3O6S/c1-5-24(14-20(26)23-16(2)3)21(27)15-31-22(28)19-13-18(10-9-17(19)4)32(29,30)25-11-7-6-8-12-25/h9-10,13,16H,5-8,11-12,14-15H2,1-4H3,(H,23,26). The Morgan fingerprint density at radius 3 is 2.41 bits per heavy atom. The average Bonchev–Trinajstić information content (AvgIpc) is 2.75. The Balaban J connectivity index is 2.07. The van der Waals surface area contributed by atoms with E-state index in [9.17, 15) is 22.8 Å². The van der Waals surface area contributed by atoms with Gasteiger partial charge in [0.15, 0.2) is 6.61 Å². The van der Waals surface area contributed by atoms with Crippen LogP contribution in [0.4, 0.5) is 0 Å². The molecule has 1 N–H and O–H groups in total. The fourth-order valence-electron chi connectivity index (χ4n) is 3.45. The molecule has 1 fully saturated rings. The van der Waals surface area contributed by atoms with E-state index in [1.165, 1.54) is 21.3 Å². The lowest BCUT2D eigenvalue weighted by Crippen LogP contribution is -2.44. The first kappa shape index (κ1) is 25.8. The number of amides is 2. The summed E-state index contributed by atoms with van der Waals surface area (Å²) in [4.78, 5) is 38.3. The number of piperidine rings is 1. The van der Waals surface area contributed by atoms with E-state index in [1.807, 2.05) is 13.8 Å². The summed E-state index contributed by atoms with van der Waals surface area (Å²) in [6, 6.07) is 4.29. The first-order chi connectivity index (χ1) is 15.1. The second-order valence-corrected chi connectivity index (χ2v) is 10.1. The zero-order valence-electron chi connectivity index (χ0n) is 19.2. The van der Waals surface area contributed by atoms with Gasteiger partial charge in [-0.1, -0.05) is 12.5 Å². The molecule has 1 heterocycles. The Labute approximate surface area is 190 Å². The van der Waals surface area contributed by atoms with E-state index in [-0.39, 0.29) is 35.5 Å². The van der Waals surface area contributed by atoms with E-state index in [4.69, 9.17) is 4.74 Å². The molecule has 0 radical (unpaired) electrons. The van der Waals surface area contributed by atoms with E-state index >= 15 is 0 Å². The topological polar surface area (TPSA) is 113 Å². The number of carbonyl (C=O) groups is 3. The lowest BCUT2D eigenvalue weighted by atomic mass is 10.1. The molecule has 2 rings (SSSR count). The summed E-state index contributed by atoms with van der Waals surface area (Å²) in [6.45, 7) is 7.57. The molecule has 1 saturated heterocycles. The number of carbonyl (C=O) groups excluding carboxylic acids is 3. The number of ether oxygens (including phenoxy) is 1. The number of aryl methyl sites for hydroxylation is 1. The molecular formula is C22H33N3O6S. The average molecular weight is 468 g/mol. The summed E-state index contributed by atoms with van der Waals surface area (Å²) in [7, 11) is -3.70. The van der Waals surface area contributed by atoms with Crippen molar-refractivity contribution in [2.75, 3.05) is 32.8 Å². The number of esters is 1. The van der Waals surface area contributed by atoms with Gasteiger partial charge < -0.3 is 15.0 Å². The van der Waals surface area contributed by atoms with Crippen LogP contribution in [-0.2, 0) is 24.3 Å². The fourth-order valence-corrected chi connectivity index (χ4v) is 4.99. The van der Waals surface area contributed by atoms with Crippen LogP contribution in [0.15, 0.2) is 23.1 Å². The highest BCUT2D eigenvalue weighted by Gasteiger charge is 2.27. The first-order valence-corrected chi connectivity index (χ1v) is 12.3. The van der Waals surface area contributed by atoms with Crippen molar-refractivity contribution >= 4 is 27.8 Å². The number of benzene rings is 1. The molecule has 0 atom stereocenters. The van der Waals surface area contributed by atoms with Crippen LogP contribution >= 0.6 is 0 Å². The third-order valence-corrected chi connectivity index (χ3v) is 7.12. The normalized spacial score (nSPS) is 14.8. The molecule has 0 aliphatic carbocycles. The molecule has 178 valence electrons. The monoisotopic (exact) mass is 467 g/mol. The highest BCUT2D eigenvalue weighted by atomic mass is 32.2. The summed E-state index contributed by atoms with van der Waals surface area (Å²) in [6.07, 6.45) is 2.62. The molecule has 0 unspecified atom stereocenters. The number of nitrogens with one attached hydrogen (secondary N) is 1. The smallest absolute Gasteiger partial charge is 0.338 e. The van der Waals surface area contributed by atoms with Crippen molar-refractivity contribution < 1.29 is 27.5 Å². The fraction of sp³-hybridized carbons (Fsp3) is 0.591. The Morgan fingerprint density at radius 1 is 1.16 bits per heavy atom. The first-order valence-electron chi connectivity index (χ1n) is 10.9. The summed E-state index contributed by atoms with van der Waals surface area (Å²) < 4.78 is 32.4. The minimum absolute atomic E-state index is 0.0313. The van der Waals surface area contributed by atoms with Crippen LogP contribution in [0, 0.1) is 6.92 Å². The quantitative estimate of drug-likeness (QED) is 0.553. The molecule has 10 heteroatoms. The molecular weight excluding hydrogens is 434 g/mol. The van der Waals surface area contributed by atoms with Crippen LogP contribution in [0.1, 0.15) is 56.0 Å². The summed E-state index contributed by atoms with van der Waals surface area (Å²) in [5, 5.41) is 2.71. The molecule has 0 saturated carbocycles. The third kappa shape index (κ3) is 6.77. The Morgan fingerprint density at radius 2 is 1.81 bits per heavy atom. The van der Waals surface area contributed by atoms with Gasteiger partial charge in [0.2, 0.25) is 15.9 Å². The van der Waals surface area contributed by atoms with Gasteiger partial charge in [0.05, 0.1) is 17.0 Å². The van der Waals surface area contributed by atoms with Crippen LogP contribution in [0.25, 0.3) is 0 Å². The molecule has 1 aliphatic heterocycles. The van der Waals surface area contributed by atoms with E-state index in [1.54, 1.807) is 19.9 Å². The second kappa shape index (κ2) is 11.4. The van der Waals surface area contributed by atoms with Crippen molar-refractivity contribution in [2.45, 2.75) is 57.9 Å². The lowest BCUT2D eigenvalue weighted by Gasteiger charge is -2.26. The number of hydrogen-bond acceptors (Lipinski definition) is 6. The molecule has 0 aromatic heterocycles. The van der Waals surface area contributed by atoms with Crippen LogP contribution in [-0.4, -0.2) is 74.2 Å². The van der Waals surface area contributed by atoms with Crippen molar-refractivity contribution in [3.63, 3.8) is 0 Å². The SMILES string of the molecule is CCN(CC(=O)NC(C)C)C(=O)COC(=O)c1cc(S(=O)(=O)N2CCCCC2)ccc1C. The maximum atomic E-state index is 12.9. The number of nitrogens with zero attached hydrogens (tertiary/aromatic N) is 2. The Hall–Kier alpha value is -2.46. The van der Waals surface area contributed by atoms with Crippen LogP contribution < -0.4 is 5.32 Å². The number of hydrogen-bond donors (Lipinski definition) is 1. The molecule has 1 aliphatic rings. The van der Waals surface area contributed by atoms with E-state index in [2.05, 4.69) is 5.32 Å². The lowest BCUT2D eigenvalue weighted by molar-refractivity contribution is -0.138. The minimum Gasteiger partial charge on any atom is -0.452 e. The maximum Gasteiger partial charge on any atom is 0.338 e. The summed E-state index contributed by atoms with van der Waals surface area (Å²) in [5.41, 5.74) is 0.639. The summed E-state index contributed by atoms with van der Waals surface area (Å²) in [5.74, 6) is -1.59. The van der Waals surface area contributed by atoms with Crippen molar-refractivity contribution in [2.24, 2.45) is 0 Å². The number of sulfonamides is 1. The van der Waals surface area contributed by atoms with Gasteiger partial charge in [-0.15, -0.1) is 0 Å². The predicted molar refractivity (Wildman–Crippen MR) is 120 cm³/mol. The van der Waals surface area contributed by atoms with Gasteiger partial charge in [0, 0.05) is 25.7 Å². The minimum atomic E-state index is -3.70. The highest BCUT2D eigenvalue weighted by Crippen LogP contribution is 2.23. The Bertz CT molecular complexity index is 939. The second-order valence-electron chi connectivity index (χ2n) is 8.15. The maximum absolute atomic E-state index is 12.9. The summed E-state index contributed by atoms with van der Waals surface area (Å²) >= 11 is 0. The molecule has 0 spiro atoms. The van der Waals surface area contributed by atoms with Gasteiger partial charge in [0.25, 0.3) is 5.91 Å². The van der Waals surface area contributed by atoms with Crippen LogP contribution in [0.2, 0.25) is 0 Å². The third-order valence-electron chi connectivity index (χ3n) is 5.23. The van der Waals surface area contributed by atoms with Gasteiger partial charge >= 0.3 is 5.97 Å². The molecule has 9 nitrogen and oxygen atoms in total. The van der Waals surface area contributed by atoms with E-state index < -0.39 is 28.5 Å². The number of likely N-dealkylation sites (N-methyl/N-ethyl adjacent to an activating group) is 1. The predicted octanol–water partition coefficient (Wildman–Crippen LogP) is 1.70.